The van der Waals surface area contributed by atoms with Gasteiger partial charge in [0.05, 0.1) is 11.1 Å². The molecule has 0 atom stereocenters. The van der Waals surface area contributed by atoms with E-state index in [4.69, 9.17) is 11.6 Å². The number of hydrogen-bond donors (Lipinski definition) is 1. The van der Waals surface area contributed by atoms with Crippen molar-refractivity contribution in [1.29, 1.82) is 0 Å². The molecule has 1 heterocycles. The molecule has 84 valence electrons. The lowest BCUT2D eigenvalue weighted by molar-refractivity contribution is -0.0377. The molecule has 0 spiro atoms. The van der Waals surface area contributed by atoms with Crippen molar-refractivity contribution in [3.05, 3.63) is 46.5 Å². The van der Waals surface area contributed by atoms with E-state index in [9.17, 15) is 14.8 Å². The molecule has 4 nitrogen and oxygen atoms in total. The molecule has 2 aromatic rings. The Morgan fingerprint density at radius 1 is 1.06 bits per heavy atom. The van der Waals surface area contributed by atoms with Gasteiger partial charge in [-0.1, -0.05) is 23.7 Å². The molecular weight excluding hydrogens is 242 g/mol. The van der Waals surface area contributed by atoms with Crippen molar-refractivity contribution in [2.24, 2.45) is 0 Å². The number of hydrogen-bond acceptors (Lipinski definition) is 3. The molecule has 1 N–H and O–H groups in total. The van der Waals surface area contributed by atoms with Gasteiger partial charge in [0.1, 0.15) is 0 Å². The highest BCUT2D eigenvalue weighted by molar-refractivity contribution is 6.33. The Morgan fingerprint density at radius 2 is 1.76 bits per heavy atom. The Kier molecular flexibility index (Phi) is 1.98. The summed E-state index contributed by atoms with van der Waals surface area (Å²) in [6, 6.07) is 8.14. The molecule has 1 aliphatic rings. The summed E-state index contributed by atoms with van der Waals surface area (Å²) in [6.45, 7) is 0. The molecular formula is C12H6ClNO3. The molecule has 3 rings (SSSR count). The van der Waals surface area contributed by atoms with Gasteiger partial charge in [0.25, 0.3) is 11.8 Å². The van der Waals surface area contributed by atoms with E-state index in [0.29, 0.717) is 21.4 Å². The summed E-state index contributed by atoms with van der Waals surface area (Å²) in [5.41, 5.74) is 0.543. The van der Waals surface area contributed by atoms with Crippen LogP contribution in [0.1, 0.15) is 20.7 Å². The van der Waals surface area contributed by atoms with E-state index < -0.39 is 11.8 Å². The van der Waals surface area contributed by atoms with Crippen molar-refractivity contribution in [3.63, 3.8) is 0 Å². The quantitative estimate of drug-likeness (QED) is 0.575. The summed E-state index contributed by atoms with van der Waals surface area (Å²) >= 11 is 5.89. The zero-order valence-corrected chi connectivity index (χ0v) is 9.23. The predicted molar refractivity (Wildman–Crippen MR) is 61.2 cm³/mol. The maximum Gasteiger partial charge on any atom is 0.285 e. The number of amides is 2. The minimum Gasteiger partial charge on any atom is -0.278 e. The van der Waals surface area contributed by atoms with E-state index in [1.54, 1.807) is 24.3 Å². The van der Waals surface area contributed by atoms with E-state index >= 15 is 0 Å². The van der Waals surface area contributed by atoms with Crippen molar-refractivity contribution in [3.8, 4) is 0 Å². The van der Waals surface area contributed by atoms with E-state index in [1.807, 2.05) is 0 Å². The Labute approximate surface area is 101 Å². The first-order valence-electron chi connectivity index (χ1n) is 4.89. The van der Waals surface area contributed by atoms with Crippen molar-refractivity contribution in [1.82, 2.24) is 5.06 Å². The second-order valence-electron chi connectivity index (χ2n) is 3.78. The van der Waals surface area contributed by atoms with E-state index in [0.717, 1.165) is 0 Å². The normalized spacial score (nSPS) is 14.6. The third-order valence-corrected chi connectivity index (χ3v) is 3.01. The first-order valence-corrected chi connectivity index (χ1v) is 5.27. The van der Waals surface area contributed by atoms with Crippen LogP contribution in [-0.2, 0) is 0 Å². The molecule has 5 heteroatoms. The standard InChI is InChI=1S/C12H6ClNO3/c13-7-4-6-2-1-3-8-10(6)9(5-7)12(16)14(17)11(8)15/h1-5,17H. The number of halogens is 1. The van der Waals surface area contributed by atoms with Crippen molar-refractivity contribution in [2.75, 3.05) is 0 Å². The number of benzene rings is 2. The number of imide groups is 1. The smallest absolute Gasteiger partial charge is 0.278 e. The fourth-order valence-corrected chi connectivity index (χ4v) is 2.29. The van der Waals surface area contributed by atoms with Gasteiger partial charge in [-0.05, 0) is 23.6 Å². The number of hydroxylamine groups is 2. The molecule has 0 unspecified atom stereocenters. The summed E-state index contributed by atoms with van der Waals surface area (Å²) < 4.78 is 0. The average Bonchev–Trinajstić information content (AvgIpc) is 2.32. The van der Waals surface area contributed by atoms with Crippen LogP contribution in [0.5, 0.6) is 0 Å². The highest BCUT2D eigenvalue weighted by Gasteiger charge is 2.32. The van der Waals surface area contributed by atoms with Crippen LogP contribution < -0.4 is 0 Å². The monoisotopic (exact) mass is 247 g/mol. The molecule has 0 saturated carbocycles. The van der Waals surface area contributed by atoms with Gasteiger partial charge in [-0.25, -0.2) is 0 Å². The average molecular weight is 248 g/mol. The second kappa shape index (κ2) is 3.29. The molecule has 0 fully saturated rings. The fraction of sp³-hybridized carbons (Fsp3) is 0. The van der Waals surface area contributed by atoms with Crippen LogP contribution in [0.3, 0.4) is 0 Å². The molecule has 17 heavy (non-hydrogen) atoms. The Bertz CT molecular complexity index is 681. The van der Waals surface area contributed by atoms with E-state index in [-0.39, 0.29) is 10.6 Å². The molecule has 2 aromatic carbocycles. The lowest BCUT2D eigenvalue weighted by Gasteiger charge is -2.21. The third kappa shape index (κ3) is 1.28. The van der Waals surface area contributed by atoms with Crippen LogP contribution >= 0.6 is 11.6 Å². The van der Waals surface area contributed by atoms with E-state index in [2.05, 4.69) is 0 Å². The van der Waals surface area contributed by atoms with Crippen LogP contribution in [0.25, 0.3) is 10.8 Å². The Hall–Kier alpha value is -1.91. The van der Waals surface area contributed by atoms with Gasteiger partial charge < -0.3 is 0 Å². The van der Waals surface area contributed by atoms with Gasteiger partial charge in [0.15, 0.2) is 0 Å². The summed E-state index contributed by atoms with van der Waals surface area (Å²) in [5.74, 6) is -1.46. The lowest BCUT2D eigenvalue weighted by atomic mass is 9.95. The predicted octanol–water partition coefficient (Wildman–Crippen LogP) is 2.48. The van der Waals surface area contributed by atoms with Crippen LogP contribution in [0.15, 0.2) is 30.3 Å². The highest BCUT2D eigenvalue weighted by Crippen LogP contribution is 2.31. The first-order chi connectivity index (χ1) is 8.09. The molecule has 0 aliphatic carbocycles. The van der Waals surface area contributed by atoms with Crippen molar-refractivity contribution < 1.29 is 14.8 Å². The molecule has 2 amide bonds. The highest BCUT2D eigenvalue weighted by atomic mass is 35.5. The summed E-state index contributed by atoms with van der Waals surface area (Å²) in [6.07, 6.45) is 0. The van der Waals surface area contributed by atoms with Gasteiger partial charge in [-0.3, -0.25) is 14.8 Å². The SMILES string of the molecule is O=C1c2cccc3cc(Cl)cc(c23)C(=O)N1O. The lowest BCUT2D eigenvalue weighted by Crippen LogP contribution is -2.37. The topological polar surface area (TPSA) is 57.6 Å². The molecule has 0 bridgehead atoms. The zero-order valence-electron chi connectivity index (χ0n) is 8.48. The summed E-state index contributed by atoms with van der Waals surface area (Å²) in [4.78, 5) is 23.5. The number of carbonyl (C=O) groups excluding carboxylic acids is 2. The Balaban J connectivity index is 2.53. The van der Waals surface area contributed by atoms with Gasteiger partial charge in [-0.15, -0.1) is 5.06 Å². The Morgan fingerprint density at radius 3 is 2.53 bits per heavy atom. The van der Waals surface area contributed by atoms with Gasteiger partial charge in [-0.2, -0.15) is 0 Å². The minimum absolute atomic E-state index is 0.118. The first kappa shape index (κ1) is 10.3. The second-order valence-corrected chi connectivity index (χ2v) is 4.22. The van der Waals surface area contributed by atoms with Crippen LogP contribution in [0.4, 0.5) is 0 Å². The van der Waals surface area contributed by atoms with Crippen LogP contribution in [0, 0.1) is 0 Å². The van der Waals surface area contributed by atoms with Crippen molar-refractivity contribution >= 4 is 34.2 Å². The van der Waals surface area contributed by atoms with Gasteiger partial charge >= 0.3 is 0 Å². The maximum atomic E-state index is 11.8. The minimum atomic E-state index is -0.749. The number of nitrogens with zero attached hydrogens (tertiary/aromatic N) is 1. The number of rotatable bonds is 0. The maximum absolute atomic E-state index is 11.8. The molecule has 0 aromatic heterocycles. The fourth-order valence-electron chi connectivity index (χ4n) is 2.06. The van der Waals surface area contributed by atoms with Crippen LogP contribution in [-0.4, -0.2) is 22.1 Å². The molecule has 0 saturated heterocycles. The van der Waals surface area contributed by atoms with Crippen LogP contribution in [0.2, 0.25) is 5.02 Å². The summed E-state index contributed by atoms with van der Waals surface area (Å²) in [5, 5.41) is 11.2. The molecule has 1 aliphatic heterocycles. The summed E-state index contributed by atoms with van der Waals surface area (Å²) in [7, 11) is 0. The van der Waals surface area contributed by atoms with E-state index in [1.165, 1.54) is 6.07 Å². The van der Waals surface area contributed by atoms with Gasteiger partial charge in [0.2, 0.25) is 0 Å². The molecule has 0 radical (unpaired) electrons. The van der Waals surface area contributed by atoms with Crippen molar-refractivity contribution in [2.45, 2.75) is 0 Å². The third-order valence-electron chi connectivity index (χ3n) is 2.79. The van der Waals surface area contributed by atoms with Gasteiger partial charge in [0, 0.05) is 10.4 Å². The zero-order chi connectivity index (χ0) is 12.2. The largest absolute Gasteiger partial charge is 0.285 e. The number of carbonyl (C=O) groups is 2.